The fraction of sp³-hybridized carbons (Fsp3) is 0.316. The number of aromatic nitrogens is 1. The van der Waals surface area contributed by atoms with Gasteiger partial charge in [-0.15, -0.1) is 0 Å². The first-order valence-electron chi connectivity index (χ1n) is 8.38. The number of halogens is 3. The lowest BCUT2D eigenvalue weighted by atomic mass is 10.00. The summed E-state index contributed by atoms with van der Waals surface area (Å²) in [6.45, 7) is 1.15. The zero-order chi connectivity index (χ0) is 19.6. The molecule has 1 unspecified atom stereocenters. The maximum Gasteiger partial charge on any atom is 0.417 e. The average Bonchev–Trinajstić information content (AvgIpc) is 3.16. The Balaban J connectivity index is 1.78. The molecule has 1 aliphatic heterocycles. The average molecular weight is 374 g/mol. The third kappa shape index (κ3) is 3.87. The molecule has 1 aromatic heterocycles. The first kappa shape index (κ1) is 18.7. The third-order valence-corrected chi connectivity index (χ3v) is 4.70. The number of nitrogens with one attached hydrogen (secondary N) is 1. The van der Waals surface area contributed by atoms with Crippen LogP contribution in [0.25, 0.3) is 0 Å². The Kier molecular flexibility index (Phi) is 5.04. The van der Waals surface area contributed by atoms with E-state index < -0.39 is 11.7 Å². The lowest BCUT2D eigenvalue weighted by Gasteiger charge is -2.21. The van der Waals surface area contributed by atoms with Crippen molar-refractivity contribution in [3.05, 3.63) is 58.9 Å². The Bertz CT molecular complexity index is 887. The summed E-state index contributed by atoms with van der Waals surface area (Å²) in [6, 6.07) is 8.85. The summed E-state index contributed by atoms with van der Waals surface area (Å²) in [5, 5.41) is 11.4. The molecule has 1 N–H and O–H groups in total. The Morgan fingerprint density at radius 3 is 2.70 bits per heavy atom. The van der Waals surface area contributed by atoms with Crippen LogP contribution in [-0.4, -0.2) is 31.0 Å². The highest BCUT2D eigenvalue weighted by Gasteiger charge is 2.35. The van der Waals surface area contributed by atoms with Gasteiger partial charge in [0.15, 0.2) is 0 Å². The summed E-state index contributed by atoms with van der Waals surface area (Å²) in [5.74, 6) is -0.159. The Labute approximate surface area is 154 Å². The van der Waals surface area contributed by atoms with Crippen LogP contribution in [0, 0.1) is 11.3 Å². The van der Waals surface area contributed by atoms with Crippen molar-refractivity contribution in [3.8, 4) is 6.07 Å². The molecule has 1 atom stereocenters. The highest BCUT2D eigenvalue weighted by Crippen LogP contribution is 2.36. The van der Waals surface area contributed by atoms with Crippen LogP contribution in [0.1, 0.15) is 39.5 Å². The van der Waals surface area contributed by atoms with E-state index in [-0.39, 0.29) is 17.4 Å². The van der Waals surface area contributed by atoms with E-state index in [0.717, 1.165) is 18.1 Å². The topological polar surface area (TPSA) is 69.0 Å². The number of carbonyl (C=O) groups excluding carboxylic acids is 1. The summed E-state index contributed by atoms with van der Waals surface area (Å²) < 4.78 is 39.5. The van der Waals surface area contributed by atoms with Crippen molar-refractivity contribution in [3.63, 3.8) is 0 Å². The van der Waals surface area contributed by atoms with Crippen molar-refractivity contribution in [2.45, 2.75) is 18.5 Å². The third-order valence-electron chi connectivity index (χ3n) is 4.70. The largest absolute Gasteiger partial charge is 0.417 e. The van der Waals surface area contributed by atoms with E-state index >= 15 is 0 Å². The number of rotatable bonds is 3. The van der Waals surface area contributed by atoms with Gasteiger partial charge in [0.1, 0.15) is 5.69 Å². The minimum Gasteiger partial charge on any atom is -0.371 e. The number of benzene rings is 1. The summed E-state index contributed by atoms with van der Waals surface area (Å²) >= 11 is 0. The number of nitrogens with zero attached hydrogens (tertiary/aromatic N) is 3. The monoisotopic (exact) mass is 374 g/mol. The fourth-order valence-corrected chi connectivity index (χ4v) is 3.24. The van der Waals surface area contributed by atoms with Crippen molar-refractivity contribution >= 4 is 11.6 Å². The number of anilines is 1. The molecule has 0 saturated carbocycles. The van der Waals surface area contributed by atoms with Gasteiger partial charge in [0.25, 0.3) is 5.91 Å². The SMILES string of the molecule is CNC(=O)c1ccc(C2CCN(c3ccc(C#N)c(C(F)(F)F)c3)C2)cn1. The molecule has 0 aliphatic carbocycles. The number of nitriles is 1. The predicted molar refractivity (Wildman–Crippen MR) is 93.4 cm³/mol. The van der Waals surface area contributed by atoms with Crippen LogP contribution in [0.3, 0.4) is 0 Å². The van der Waals surface area contributed by atoms with Gasteiger partial charge in [-0.1, -0.05) is 6.07 Å². The van der Waals surface area contributed by atoms with Gasteiger partial charge in [-0.25, -0.2) is 0 Å². The molecule has 140 valence electrons. The number of alkyl halides is 3. The standard InChI is InChI=1S/C19H17F3N4O/c1-24-18(27)17-5-3-13(10-25-17)14-6-7-26(11-14)15-4-2-12(9-23)16(8-15)19(20,21)22/h2-5,8,10,14H,6-7,11H2,1H3,(H,24,27). The van der Waals surface area contributed by atoms with Crippen LogP contribution in [0.5, 0.6) is 0 Å². The molecule has 1 aromatic carbocycles. The second-order valence-electron chi connectivity index (χ2n) is 6.33. The molecular weight excluding hydrogens is 357 g/mol. The Hall–Kier alpha value is -3.08. The Morgan fingerprint density at radius 1 is 1.33 bits per heavy atom. The number of pyridine rings is 1. The van der Waals surface area contributed by atoms with Gasteiger partial charge in [-0.3, -0.25) is 9.78 Å². The number of amides is 1. The number of carbonyl (C=O) groups is 1. The van der Waals surface area contributed by atoms with E-state index in [9.17, 15) is 18.0 Å². The van der Waals surface area contributed by atoms with Crippen LogP contribution in [-0.2, 0) is 6.18 Å². The lowest BCUT2D eigenvalue weighted by molar-refractivity contribution is -0.137. The van der Waals surface area contributed by atoms with Crippen LogP contribution in [0.2, 0.25) is 0 Å². The molecule has 27 heavy (non-hydrogen) atoms. The summed E-state index contributed by atoms with van der Waals surface area (Å²) in [5.41, 5.74) is 0.408. The molecule has 0 bridgehead atoms. The second kappa shape index (κ2) is 7.27. The highest BCUT2D eigenvalue weighted by atomic mass is 19.4. The van der Waals surface area contributed by atoms with Crippen molar-refractivity contribution in [2.24, 2.45) is 0 Å². The zero-order valence-corrected chi connectivity index (χ0v) is 14.5. The van der Waals surface area contributed by atoms with Crippen molar-refractivity contribution in [2.75, 3.05) is 25.0 Å². The van der Waals surface area contributed by atoms with Crippen LogP contribution in [0.15, 0.2) is 36.5 Å². The maximum absolute atomic E-state index is 13.2. The predicted octanol–water partition coefficient (Wildman–Crippen LogP) is 3.33. The fourth-order valence-electron chi connectivity index (χ4n) is 3.24. The minimum absolute atomic E-state index is 0.112. The normalized spacial score (nSPS) is 16.9. The van der Waals surface area contributed by atoms with Gasteiger partial charge in [0.05, 0.1) is 17.2 Å². The molecule has 0 spiro atoms. The van der Waals surface area contributed by atoms with Gasteiger partial charge in [-0.2, -0.15) is 18.4 Å². The van der Waals surface area contributed by atoms with Gasteiger partial charge in [0.2, 0.25) is 0 Å². The molecule has 8 heteroatoms. The second-order valence-corrected chi connectivity index (χ2v) is 6.33. The smallest absolute Gasteiger partial charge is 0.371 e. The van der Waals surface area contributed by atoms with E-state index in [1.807, 2.05) is 11.0 Å². The summed E-state index contributed by atoms with van der Waals surface area (Å²) in [6.07, 6.45) is -2.17. The van der Waals surface area contributed by atoms with E-state index in [0.29, 0.717) is 24.5 Å². The van der Waals surface area contributed by atoms with Crippen LogP contribution in [0.4, 0.5) is 18.9 Å². The lowest BCUT2D eigenvalue weighted by Crippen LogP contribution is -2.21. The molecule has 0 radical (unpaired) electrons. The molecule has 5 nitrogen and oxygen atoms in total. The molecule has 2 aromatic rings. The van der Waals surface area contributed by atoms with Gasteiger partial charge in [-0.05, 0) is 36.2 Å². The maximum atomic E-state index is 13.2. The highest BCUT2D eigenvalue weighted by molar-refractivity contribution is 5.91. The molecule has 1 aliphatic rings. The van der Waals surface area contributed by atoms with Crippen molar-refractivity contribution < 1.29 is 18.0 Å². The Morgan fingerprint density at radius 2 is 2.11 bits per heavy atom. The molecule has 2 heterocycles. The van der Waals surface area contributed by atoms with E-state index in [1.165, 1.54) is 13.1 Å². The van der Waals surface area contributed by atoms with Crippen LogP contribution >= 0.6 is 0 Å². The zero-order valence-electron chi connectivity index (χ0n) is 14.5. The number of hydrogen-bond donors (Lipinski definition) is 1. The number of hydrogen-bond acceptors (Lipinski definition) is 4. The van der Waals surface area contributed by atoms with Gasteiger partial charge < -0.3 is 10.2 Å². The molecule has 1 saturated heterocycles. The quantitative estimate of drug-likeness (QED) is 0.895. The van der Waals surface area contributed by atoms with Crippen LogP contribution < -0.4 is 10.2 Å². The first-order valence-corrected chi connectivity index (χ1v) is 8.38. The summed E-state index contributed by atoms with van der Waals surface area (Å²) in [4.78, 5) is 17.6. The molecule has 1 amide bonds. The molecular formula is C19H17F3N4O. The summed E-state index contributed by atoms with van der Waals surface area (Å²) in [7, 11) is 1.53. The van der Waals surface area contributed by atoms with E-state index in [4.69, 9.17) is 5.26 Å². The van der Waals surface area contributed by atoms with Gasteiger partial charge in [0, 0.05) is 37.9 Å². The minimum atomic E-state index is -4.57. The first-order chi connectivity index (χ1) is 12.8. The van der Waals surface area contributed by atoms with Crippen molar-refractivity contribution in [1.29, 1.82) is 5.26 Å². The van der Waals surface area contributed by atoms with E-state index in [2.05, 4.69) is 10.3 Å². The molecule has 1 fully saturated rings. The van der Waals surface area contributed by atoms with Gasteiger partial charge >= 0.3 is 6.18 Å². The molecule has 3 rings (SSSR count). The van der Waals surface area contributed by atoms with Crippen molar-refractivity contribution in [1.82, 2.24) is 10.3 Å². The van der Waals surface area contributed by atoms with E-state index in [1.54, 1.807) is 24.4 Å².